The largest absolute Gasteiger partial charge is 0.484 e. The van der Waals surface area contributed by atoms with Crippen molar-refractivity contribution in [3.05, 3.63) is 95.6 Å². The maximum atomic E-state index is 12.6. The molecule has 0 fully saturated rings. The number of ether oxygens (including phenoxy) is 1. The summed E-state index contributed by atoms with van der Waals surface area (Å²) in [6.45, 7) is 8.39. The molecule has 33 heavy (non-hydrogen) atoms. The van der Waals surface area contributed by atoms with Gasteiger partial charge in [0.25, 0.3) is 11.8 Å². The van der Waals surface area contributed by atoms with E-state index in [-0.39, 0.29) is 29.9 Å². The lowest BCUT2D eigenvalue weighted by molar-refractivity contribution is -0.118. The molecule has 172 valence electrons. The zero-order valence-corrected chi connectivity index (χ0v) is 19.7. The van der Waals surface area contributed by atoms with E-state index in [1.165, 1.54) is 5.56 Å². The van der Waals surface area contributed by atoms with E-state index in [2.05, 4.69) is 31.4 Å². The van der Waals surface area contributed by atoms with Gasteiger partial charge >= 0.3 is 0 Å². The van der Waals surface area contributed by atoms with Crippen molar-refractivity contribution in [2.45, 2.75) is 45.6 Å². The predicted octanol–water partition coefficient (Wildman–Crippen LogP) is 5.88. The van der Waals surface area contributed by atoms with Crippen molar-refractivity contribution in [1.82, 2.24) is 5.32 Å². The van der Waals surface area contributed by atoms with Crippen LogP contribution in [-0.4, -0.2) is 18.4 Å². The monoisotopic (exact) mass is 444 g/mol. The minimum Gasteiger partial charge on any atom is -0.484 e. The van der Waals surface area contributed by atoms with Crippen molar-refractivity contribution in [1.29, 1.82) is 0 Å². The molecule has 0 spiro atoms. The van der Waals surface area contributed by atoms with Crippen molar-refractivity contribution in [3.8, 4) is 5.75 Å². The Morgan fingerprint density at radius 3 is 2.30 bits per heavy atom. The van der Waals surface area contributed by atoms with Gasteiger partial charge in [-0.1, -0.05) is 69.3 Å². The second-order valence-electron chi connectivity index (χ2n) is 8.79. The summed E-state index contributed by atoms with van der Waals surface area (Å²) < 4.78 is 5.63. The van der Waals surface area contributed by atoms with Crippen LogP contribution in [0.25, 0.3) is 0 Å². The Morgan fingerprint density at radius 1 is 0.939 bits per heavy atom. The zero-order chi connectivity index (χ0) is 23.8. The van der Waals surface area contributed by atoms with Crippen LogP contribution in [0.4, 0.5) is 5.69 Å². The molecule has 5 nitrogen and oxygen atoms in total. The van der Waals surface area contributed by atoms with E-state index in [4.69, 9.17) is 4.74 Å². The van der Waals surface area contributed by atoms with Crippen molar-refractivity contribution in [3.63, 3.8) is 0 Å². The number of rotatable bonds is 9. The molecule has 3 aromatic carbocycles. The van der Waals surface area contributed by atoms with Crippen LogP contribution in [0.2, 0.25) is 0 Å². The van der Waals surface area contributed by atoms with Crippen molar-refractivity contribution < 1.29 is 14.3 Å². The van der Waals surface area contributed by atoms with Crippen LogP contribution in [0.1, 0.15) is 61.6 Å². The van der Waals surface area contributed by atoms with E-state index in [1.807, 2.05) is 61.5 Å². The summed E-state index contributed by atoms with van der Waals surface area (Å²) in [4.78, 5) is 25.0. The first-order chi connectivity index (χ1) is 15.8. The van der Waals surface area contributed by atoms with Gasteiger partial charge in [-0.15, -0.1) is 0 Å². The van der Waals surface area contributed by atoms with E-state index in [0.717, 1.165) is 12.0 Å². The number of carbonyl (C=O) groups excluding carboxylic acids is 2. The van der Waals surface area contributed by atoms with Gasteiger partial charge in [0, 0.05) is 11.3 Å². The molecule has 5 heteroatoms. The Labute approximate surface area is 196 Å². The second kappa shape index (κ2) is 10.8. The molecule has 0 saturated carbocycles. The topological polar surface area (TPSA) is 67.4 Å². The summed E-state index contributed by atoms with van der Waals surface area (Å²) in [6, 6.07) is 24.4. The lowest BCUT2D eigenvalue weighted by Gasteiger charge is -2.23. The highest BCUT2D eigenvalue weighted by Gasteiger charge is 2.17. The number of anilines is 1. The Balaban J connectivity index is 1.54. The Kier molecular flexibility index (Phi) is 7.88. The van der Waals surface area contributed by atoms with Gasteiger partial charge in [-0.3, -0.25) is 9.59 Å². The van der Waals surface area contributed by atoms with Gasteiger partial charge < -0.3 is 15.4 Å². The number of benzene rings is 3. The zero-order valence-electron chi connectivity index (χ0n) is 19.7. The average Bonchev–Trinajstić information content (AvgIpc) is 2.83. The van der Waals surface area contributed by atoms with E-state index < -0.39 is 0 Å². The molecular weight excluding hydrogens is 412 g/mol. The number of amides is 2. The van der Waals surface area contributed by atoms with Gasteiger partial charge in [-0.25, -0.2) is 0 Å². The summed E-state index contributed by atoms with van der Waals surface area (Å²) in [5, 5.41) is 5.78. The fourth-order valence-electron chi connectivity index (χ4n) is 3.40. The molecule has 1 atom stereocenters. The number of carbonyl (C=O) groups is 2. The number of hydrogen-bond donors (Lipinski definition) is 2. The molecule has 3 rings (SSSR count). The van der Waals surface area contributed by atoms with E-state index in [9.17, 15) is 9.59 Å². The molecule has 3 aromatic rings. The fourth-order valence-corrected chi connectivity index (χ4v) is 3.40. The van der Waals surface area contributed by atoms with E-state index >= 15 is 0 Å². The first-order valence-corrected chi connectivity index (χ1v) is 11.3. The molecule has 0 aliphatic rings. The summed E-state index contributed by atoms with van der Waals surface area (Å²) in [5.74, 6) is 0.154. The maximum Gasteiger partial charge on any atom is 0.262 e. The first kappa shape index (κ1) is 24.1. The van der Waals surface area contributed by atoms with Crippen LogP contribution in [-0.2, 0) is 10.2 Å². The summed E-state index contributed by atoms with van der Waals surface area (Å²) in [7, 11) is 0. The lowest BCUT2D eigenvalue weighted by atomic mass is 9.82. The van der Waals surface area contributed by atoms with Gasteiger partial charge in [0.1, 0.15) is 5.75 Å². The Morgan fingerprint density at radius 2 is 1.64 bits per heavy atom. The number of hydrogen-bond acceptors (Lipinski definition) is 3. The molecule has 0 aliphatic carbocycles. The molecule has 2 amide bonds. The van der Waals surface area contributed by atoms with E-state index in [1.54, 1.807) is 24.3 Å². The lowest BCUT2D eigenvalue weighted by Crippen LogP contribution is -2.27. The number of nitrogens with one attached hydrogen (secondary N) is 2. The highest BCUT2D eigenvalue weighted by molar-refractivity contribution is 5.97. The molecular formula is C28H32N2O3. The Hall–Kier alpha value is -3.60. The molecule has 1 unspecified atom stereocenters. The molecule has 0 aromatic heterocycles. The smallest absolute Gasteiger partial charge is 0.262 e. The van der Waals surface area contributed by atoms with Crippen LogP contribution in [0.15, 0.2) is 78.9 Å². The fraction of sp³-hybridized carbons (Fsp3) is 0.286. The highest BCUT2D eigenvalue weighted by atomic mass is 16.5. The van der Waals surface area contributed by atoms with Crippen molar-refractivity contribution in [2.75, 3.05) is 11.9 Å². The average molecular weight is 445 g/mol. The van der Waals surface area contributed by atoms with Crippen molar-refractivity contribution in [2.24, 2.45) is 0 Å². The van der Waals surface area contributed by atoms with Crippen LogP contribution in [0.3, 0.4) is 0 Å². The summed E-state index contributed by atoms with van der Waals surface area (Å²) in [6.07, 6.45) is 1.04. The van der Waals surface area contributed by atoms with Gasteiger partial charge in [0.2, 0.25) is 0 Å². The first-order valence-electron chi connectivity index (χ1n) is 11.3. The standard InChI is InChI=1S/C28H32N2O3/c1-5-28(3,4)23-14-16-25(17-15-23)33-19-26(31)30-24-13-9-12-22(18-24)27(32)29-20(2)21-10-7-6-8-11-21/h6-18,20H,5,19H2,1-4H3,(H,29,32)(H,30,31). The second-order valence-corrected chi connectivity index (χ2v) is 8.79. The molecule has 0 saturated heterocycles. The Bertz CT molecular complexity index is 1080. The van der Waals surface area contributed by atoms with Crippen molar-refractivity contribution >= 4 is 17.5 Å². The van der Waals surface area contributed by atoms with E-state index in [0.29, 0.717) is 17.0 Å². The highest BCUT2D eigenvalue weighted by Crippen LogP contribution is 2.28. The van der Waals surface area contributed by atoms with Gasteiger partial charge in [0.15, 0.2) is 6.61 Å². The summed E-state index contributed by atoms with van der Waals surface area (Å²) in [5.41, 5.74) is 3.39. The van der Waals surface area contributed by atoms with Gasteiger partial charge in [0.05, 0.1) is 6.04 Å². The quantitative estimate of drug-likeness (QED) is 0.433. The third kappa shape index (κ3) is 6.69. The molecule has 2 N–H and O–H groups in total. The third-order valence-electron chi connectivity index (χ3n) is 5.95. The van der Waals surface area contributed by atoms with Crippen LogP contribution >= 0.6 is 0 Å². The van der Waals surface area contributed by atoms with Crippen LogP contribution in [0, 0.1) is 0 Å². The molecule has 0 heterocycles. The molecule has 0 bridgehead atoms. The van der Waals surface area contributed by atoms with Gasteiger partial charge in [-0.05, 0) is 60.2 Å². The maximum absolute atomic E-state index is 12.6. The summed E-state index contributed by atoms with van der Waals surface area (Å²) >= 11 is 0. The van der Waals surface area contributed by atoms with Gasteiger partial charge in [-0.2, -0.15) is 0 Å². The normalized spacial score (nSPS) is 12.0. The molecule has 0 radical (unpaired) electrons. The minimum absolute atomic E-state index is 0.103. The molecule has 0 aliphatic heterocycles. The van der Waals surface area contributed by atoms with Crippen LogP contribution < -0.4 is 15.4 Å². The SMILES string of the molecule is CCC(C)(C)c1ccc(OCC(=O)Nc2cccc(C(=O)NC(C)c3ccccc3)c2)cc1. The third-order valence-corrected chi connectivity index (χ3v) is 5.95. The van der Waals surface area contributed by atoms with Crippen LogP contribution in [0.5, 0.6) is 5.75 Å². The minimum atomic E-state index is -0.289. The predicted molar refractivity (Wildman–Crippen MR) is 133 cm³/mol.